The fraction of sp³-hybridized carbons (Fsp3) is 0.500. The van der Waals surface area contributed by atoms with Crippen molar-refractivity contribution in [2.45, 2.75) is 257 Å². The number of aliphatic hydroxyl groups is 1. The molecule has 2 atom stereocenters. The van der Waals surface area contributed by atoms with Gasteiger partial charge in [0, 0.05) is 86.0 Å². The summed E-state index contributed by atoms with van der Waals surface area (Å²) in [4.78, 5) is 123. The third-order valence-electron chi connectivity index (χ3n) is 22.3. The molecular formula is C94H125ClN6O18. The number of amides is 5. The maximum Gasteiger partial charge on any atom is 0.335 e. The van der Waals surface area contributed by atoms with E-state index in [0.717, 1.165) is 130 Å². The number of carbonyl (C=O) groups is 11. The quantitative estimate of drug-likeness (QED) is 0.0170. The lowest BCUT2D eigenvalue weighted by Gasteiger charge is -2.32. The van der Waals surface area contributed by atoms with E-state index in [1.54, 1.807) is 60.7 Å². The number of carboxylic acids is 6. The van der Waals surface area contributed by atoms with Crippen LogP contribution in [0.1, 0.15) is 279 Å². The van der Waals surface area contributed by atoms with Crippen LogP contribution in [0.2, 0.25) is 5.02 Å². The van der Waals surface area contributed by atoms with Crippen molar-refractivity contribution < 1.29 is 88.5 Å². The highest BCUT2D eigenvalue weighted by molar-refractivity contribution is 6.34. The van der Waals surface area contributed by atoms with Crippen LogP contribution < -0.4 is 31.9 Å². The van der Waals surface area contributed by atoms with Gasteiger partial charge in [0.15, 0.2) is 0 Å². The summed E-state index contributed by atoms with van der Waals surface area (Å²) in [5, 5.41) is 80.2. The highest BCUT2D eigenvalue weighted by atomic mass is 35.5. The van der Waals surface area contributed by atoms with E-state index in [1.807, 2.05) is 48.5 Å². The second kappa shape index (κ2) is 54.6. The lowest BCUT2D eigenvalue weighted by atomic mass is 9.80. The van der Waals surface area contributed by atoms with Gasteiger partial charge in [0.2, 0.25) is 23.6 Å². The van der Waals surface area contributed by atoms with Crippen molar-refractivity contribution in [3.8, 4) is 0 Å². The Morgan fingerprint density at radius 1 is 0.395 bits per heavy atom. The third-order valence-corrected chi connectivity index (χ3v) is 22.6. The number of carboxylic acid groups (broad SMARTS) is 6. The lowest BCUT2D eigenvalue weighted by molar-refractivity contribution is -0.138. The maximum absolute atomic E-state index is 12.0. The molecule has 119 heavy (non-hydrogen) atoms. The summed E-state index contributed by atoms with van der Waals surface area (Å²) in [6.45, 7) is 3.21. The standard InChI is InChI=1S/C20H29NO3.C17H25NO3.C16H21NO3.C15H19NO3.C14H10ClNO3.C12H21NO3/c22-19(10-4-8-16-6-2-1-3-7-16)21-18-14-12-17(13-15-18)9-5-11-20(23)24;19-16(20)6-4-5-14-7-9-15(10-8-14)18-13-17(21)11-2-1-3-12-17;18-15(10-12-4-2-1-3-5-12)17-14-8-6-13(7-9-14)11-16(19)20;17-14(10-11-4-2-1-3-5-11)16-13-8-6-12(7-9-13)15(18)19;15-12-4-2-1-3-11(12)13(17)16-10-7-5-9(6-8-10)14(18)19;1-9-5-2-3-6-10(9)12(16)13-8-4-7-11(14)15/h12-16H,1-11H2,(H,21,22)(H,23,24);7-10,18,21H,1-6,11-13H2,(H,19,20);6-9,12H,1-5,10-11H2,(H,17,18)(H,19,20);6-9,11H,1-5,10H2,(H,16,17)(H,18,19);1-8H,(H,16,17)(H,18,19);9-10H,2-8H2,1H3,(H,13,16)(H,14,15). The first kappa shape index (κ1) is 97.4. The molecule has 24 nitrogen and oxygen atoms in total. The molecule has 5 saturated carbocycles. The van der Waals surface area contributed by atoms with Gasteiger partial charge in [0.05, 0.1) is 33.7 Å². The second-order valence-corrected chi connectivity index (χ2v) is 32.5. The molecule has 0 radical (unpaired) electrons. The number of benzene rings is 6. The summed E-state index contributed by atoms with van der Waals surface area (Å²) >= 11 is 5.91. The van der Waals surface area contributed by atoms with Crippen LogP contribution in [0.15, 0.2) is 146 Å². The molecule has 5 amide bonds. The molecule has 5 aliphatic rings. The van der Waals surface area contributed by atoms with Gasteiger partial charge in [-0.25, -0.2) is 9.59 Å². The summed E-state index contributed by atoms with van der Waals surface area (Å²) in [6.07, 6.45) is 36.4. The molecule has 0 aromatic heterocycles. The number of aryl methyl sites for hydroxylation is 2. The van der Waals surface area contributed by atoms with E-state index in [-0.39, 0.29) is 72.3 Å². The summed E-state index contributed by atoms with van der Waals surface area (Å²) in [5.74, 6) is -2.72. The Kier molecular flexibility index (Phi) is 44.7. The van der Waals surface area contributed by atoms with Crippen LogP contribution in [0, 0.1) is 29.6 Å². The van der Waals surface area contributed by atoms with Crippen molar-refractivity contribution >= 4 is 105 Å². The van der Waals surface area contributed by atoms with Gasteiger partial charge in [-0.15, -0.1) is 0 Å². The Labute approximate surface area is 705 Å². The number of nitrogens with one attached hydrogen (secondary N) is 6. The summed E-state index contributed by atoms with van der Waals surface area (Å²) < 4.78 is 0. The number of hydrogen-bond acceptors (Lipinski definition) is 13. The largest absolute Gasteiger partial charge is 0.481 e. The molecule has 6 aromatic rings. The Bertz CT molecular complexity index is 4100. The van der Waals surface area contributed by atoms with Crippen molar-refractivity contribution in [2.24, 2.45) is 29.6 Å². The SMILES string of the molecule is CC1CCCCC1C(=O)NCCCC(=O)O.O=C(CC1CCCCC1)Nc1ccc(C(=O)O)cc1.O=C(O)CCCc1ccc(NC(=O)CCCC2CCCCC2)cc1.O=C(O)CCCc1ccc(NCC2(O)CCCCC2)cc1.O=C(O)Cc1ccc(NC(=O)CC2CCCCC2)cc1.O=C(O)c1ccc(NC(=O)c2ccccc2Cl)cc1. The number of anilines is 5. The number of aliphatic carboxylic acids is 4. The van der Waals surface area contributed by atoms with Crippen molar-refractivity contribution in [1.29, 1.82) is 0 Å². The predicted molar refractivity (Wildman–Crippen MR) is 464 cm³/mol. The molecule has 0 saturated heterocycles. The monoisotopic (exact) mass is 1660 g/mol. The van der Waals surface area contributed by atoms with Gasteiger partial charge in [-0.05, 0) is 234 Å². The van der Waals surface area contributed by atoms with Gasteiger partial charge in [-0.2, -0.15) is 0 Å². The van der Waals surface area contributed by atoms with E-state index in [4.69, 9.17) is 42.2 Å². The minimum Gasteiger partial charge on any atom is -0.481 e. The van der Waals surface area contributed by atoms with Gasteiger partial charge in [0.25, 0.3) is 5.91 Å². The molecule has 0 spiro atoms. The van der Waals surface area contributed by atoms with Gasteiger partial charge in [0.1, 0.15) is 0 Å². The smallest absolute Gasteiger partial charge is 0.335 e. The normalized spacial score (nSPS) is 16.3. The van der Waals surface area contributed by atoms with Crippen LogP contribution in [0.25, 0.3) is 0 Å². The van der Waals surface area contributed by atoms with E-state index in [1.165, 1.54) is 126 Å². The topological polar surface area (TPSA) is 402 Å². The molecule has 13 N–H and O–H groups in total. The highest BCUT2D eigenvalue weighted by Crippen LogP contribution is 2.33. The Balaban J connectivity index is 0.000000222. The fourth-order valence-corrected chi connectivity index (χ4v) is 15.7. The highest BCUT2D eigenvalue weighted by Gasteiger charge is 2.30. The molecule has 0 bridgehead atoms. The molecule has 25 heteroatoms. The number of halogens is 1. The molecule has 11 rings (SSSR count). The molecule has 2 unspecified atom stereocenters. The average Bonchev–Trinajstić information content (AvgIpc) is 0.870. The zero-order valence-electron chi connectivity index (χ0n) is 69.0. The lowest BCUT2D eigenvalue weighted by Crippen LogP contribution is -2.38. The number of hydrogen-bond donors (Lipinski definition) is 13. The van der Waals surface area contributed by atoms with Gasteiger partial charge < -0.3 is 67.6 Å². The molecular weight excluding hydrogens is 1540 g/mol. The maximum atomic E-state index is 12.0. The van der Waals surface area contributed by atoms with Crippen molar-refractivity contribution in [3.63, 3.8) is 0 Å². The van der Waals surface area contributed by atoms with E-state index in [9.17, 15) is 57.8 Å². The summed E-state index contributed by atoms with van der Waals surface area (Å²) in [7, 11) is 0. The number of rotatable bonds is 33. The summed E-state index contributed by atoms with van der Waals surface area (Å²) in [5.41, 5.74) is 6.93. The molecule has 0 heterocycles. The predicted octanol–water partition coefficient (Wildman–Crippen LogP) is 19.6. The zero-order chi connectivity index (χ0) is 86.2. The van der Waals surface area contributed by atoms with Crippen molar-refractivity contribution in [2.75, 3.05) is 39.7 Å². The first-order chi connectivity index (χ1) is 57.2. The van der Waals surface area contributed by atoms with Gasteiger partial charge in [-0.1, -0.05) is 170 Å². The first-order valence-corrected chi connectivity index (χ1v) is 43.1. The average molecular weight is 1660 g/mol. The van der Waals surface area contributed by atoms with E-state index < -0.39 is 41.4 Å². The Morgan fingerprint density at radius 2 is 0.790 bits per heavy atom. The van der Waals surface area contributed by atoms with Crippen LogP contribution in [0.5, 0.6) is 0 Å². The molecule has 646 valence electrons. The second-order valence-electron chi connectivity index (χ2n) is 32.1. The van der Waals surface area contributed by atoms with Crippen LogP contribution in [0.3, 0.4) is 0 Å². The number of carbonyl (C=O) groups excluding carboxylic acids is 5. The fourth-order valence-electron chi connectivity index (χ4n) is 15.5. The minimum absolute atomic E-state index is 0.0102. The third kappa shape index (κ3) is 41.2. The molecule has 0 aliphatic heterocycles. The molecule has 5 aliphatic carbocycles. The van der Waals surface area contributed by atoms with Crippen LogP contribution in [-0.2, 0) is 57.6 Å². The van der Waals surface area contributed by atoms with Gasteiger partial charge in [-0.3, -0.25) is 43.2 Å². The summed E-state index contributed by atoms with van der Waals surface area (Å²) in [6, 6.07) is 41.6. The van der Waals surface area contributed by atoms with Crippen molar-refractivity contribution in [3.05, 3.63) is 184 Å². The van der Waals surface area contributed by atoms with E-state index in [2.05, 4.69) is 38.8 Å². The Hall–Kier alpha value is -10.5. The van der Waals surface area contributed by atoms with Crippen molar-refractivity contribution in [1.82, 2.24) is 5.32 Å². The van der Waals surface area contributed by atoms with E-state index >= 15 is 0 Å². The van der Waals surface area contributed by atoms with E-state index in [0.29, 0.717) is 91.3 Å². The van der Waals surface area contributed by atoms with Crippen LogP contribution >= 0.6 is 11.6 Å². The zero-order valence-corrected chi connectivity index (χ0v) is 69.8. The van der Waals surface area contributed by atoms with Gasteiger partial charge >= 0.3 is 35.8 Å². The molecule has 6 aromatic carbocycles. The molecule has 5 fully saturated rings. The first-order valence-electron chi connectivity index (χ1n) is 42.7. The number of aromatic carboxylic acids is 2. The minimum atomic E-state index is -1.01. The van der Waals surface area contributed by atoms with Crippen LogP contribution in [0.4, 0.5) is 28.4 Å². The Morgan fingerprint density at radius 3 is 1.24 bits per heavy atom. The van der Waals surface area contributed by atoms with Crippen LogP contribution in [-0.4, -0.2) is 120 Å².